The van der Waals surface area contributed by atoms with Gasteiger partial charge in [0, 0.05) is 38.0 Å². The highest BCUT2D eigenvalue weighted by molar-refractivity contribution is 7.90. The molecule has 1 amide bonds. The van der Waals surface area contributed by atoms with Crippen LogP contribution in [0.4, 0.5) is 0 Å². The molecule has 1 aliphatic rings. The first-order valence-electron chi connectivity index (χ1n) is 9.08. The second-order valence-electron chi connectivity index (χ2n) is 6.85. The van der Waals surface area contributed by atoms with E-state index in [0.29, 0.717) is 50.0 Å². The van der Waals surface area contributed by atoms with Crippen molar-refractivity contribution in [2.45, 2.75) is 11.4 Å². The molecule has 1 fully saturated rings. The number of nitrogens with zero attached hydrogens (tertiary/aromatic N) is 4. The summed E-state index contributed by atoms with van der Waals surface area (Å²) < 4.78 is 28.5. The van der Waals surface area contributed by atoms with Gasteiger partial charge >= 0.3 is 0 Å². The Morgan fingerprint density at radius 2 is 1.86 bits per heavy atom. The zero-order valence-corrected chi connectivity index (χ0v) is 17.4. The van der Waals surface area contributed by atoms with E-state index in [9.17, 15) is 13.2 Å². The number of rotatable bonds is 5. The Bertz CT molecular complexity index is 1080. The summed E-state index contributed by atoms with van der Waals surface area (Å²) in [6, 6.07) is 9.97. The summed E-state index contributed by atoms with van der Waals surface area (Å²) in [5.74, 6) is 1.06. The minimum Gasteiger partial charge on any atom is -0.338 e. The fraction of sp³-hybridized carbons (Fsp3) is 0.316. The third-order valence-electron chi connectivity index (χ3n) is 4.76. The first-order valence-corrected chi connectivity index (χ1v) is 11.9. The summed E-state index contributed by atoms with van der Waals surface area (Å²) in [5, 5.41) is 5.99. The highest BCUT2D eigenvalue weighted by Gasteiger charge is 2.24. The molecule has 3 heterocycles. The Balaban J connectivity index is 1.33. The van der Waals surface area contributed by atoms with Crippen LogP contribution in [-0.4, -0.2) is 66.7 Å². The van der Waals surface area contributed by atoms with E-state index in [1.165, 1.54) is 12.1 Å². The van der Waals surface area contributed by atoms with Gasteiger partial charge in [-0.05, 0) is 35.7 Å². The zero-order valence-electron chi connectivity index (χ0n) is 15.8. The summed E-state index contributed by atoms with van der Waals surface area (Å²) in [6.45, 7) is 3.11. The first-order chi connectivity index (χ1) is 13.9. The first kappa shape index (κ1) is 19.7. The Morgan fingerprint density at radius 1 is 1.14 bits per heavy atom. The van der Waals surface area contributed by atoms with E-state index in [4.69, 9.17) is 4.52 Å². The van der Waals surface area contributed by atoms with E-state index >= 15 is 0 Å². The number of benzene rings is 1. The summed E-state index contributed by atoms with van der Waals surface area (Å²) in [7, 11) is -3.27. The lowest BCUT2D eigenvalue weighted by Gasteiger charge is -2.34. The van der Waals surface area contributed by atoms with Crippen LogP contribution in [0, 0.1) is 0 Å². The molecule has 1 aromatic carbocycles. The Hall–Kier alpha value is -2.56. The number of aromatic nitrogens is 2. The third-order valence-corrected chi connectivity index (χ3v) is 6.75. The van der Waals surface area contributed by atoms with Crippen LogP contribution in [0.25, 0.3) is 10.7 Å². The Labute approximate surface area is 172 Å². The van der Waals surface area contributed by atoms with E-state index in [2.05, 4.69) is 15.0 Å². The van der Waals surface area contributed by atoms with Crippen molar-refractivity contribution in [3.05, 3.63) is 53.2 Å². The molecule has 1 aliphatic heterocycles. The van der Waals surface area contributed by atoms with Crippen LogP contribution in [-0.2, 0) is 16.4 Å². The summed E-state index contributed by atoms with van der Waals surface area (Å²) in [4.78, 5) is 22.2. The molecular weight excluding hydrogens is 412 g/mol. The predicted molar refractivity (Wildman–Crippen MR) is 108 cm³/mol. The van der Waals surface area contributed by atoms with Crippen LogP contribution in [0.5, 0.6) is 0 Å². The fourth-order valence-electron chi connectivity index (χ4n) is 3.15. The highest BCUT2D eigenvalue weighted by atomic mass is 32.2. The Morgan fingerprint density at radius 3 is 2.48 bits per heavy atom. The molecular formula is C19H20N4O4S2. The molecule has 10 heteroatoms. The van der Waals surface area contributed by atoms with Gasteiger partial charge in [-0.25, -0.2) is 8.42 Å². The van der Waals surface area contributed by atoms with Gasteiger partial charge in [-0.1, -0.05) is 11.2 Å². The highest BCUT2D eigenvalue weighted by Crippen LogP contribution is 2.22. The van der Waals surface area contributed by atoms with Crippen LogP contribution < -0.4 is 0 Å². The SMILES string of the molecule is CS(=O)(=O)c1ccc(C(=O)N2CCN(Cc3nc(-c4cccs4)no3)CC2)cc1. The van der Waals surface area contributed by atoms with Gasteiger partial charge in [-0.15, -0.1) is 11.3 Å². The topological polar surface area (TPSA) is 96.6 Å². The quantitative estimate of drug-likeness (QED) is 0.609. The molecule has 152 valence electrons. The molecule has 29 heavy (non-hydrogen) atoms. The van der Waals surface area contributed by atoms with E-state index in [1.807, 2.05) is 17.5 Å². The second-order valence-corrected chi connectivity index (χ2v) is 9.82. The van der Waals surface area contributed by atoms with Crippen molar-refractivity contribution < 1.29 is 17.7 Å². The van der Waals surface area contributed by atoms with Crippen LogP contribution >= 0.6 is 11.3 Å². The van der Waals surface area contributed by atoms with Crippen LogP contribution in [0.2, 0.25) is 0 Å². The molecule has 0 bridgehead atoms. The molecule has 0 N–H and O–H groups in total. The summed E-state index contributed by atoms with van der Waals surface area (Å²) in [5.41, 5.74) is 0.489. The van der Waals surface area contributed by atoms with Gasteiger partial charge in [0.25, 0.3) is 5.91 Å². The van der Waals surface area contributed by atoms with Crippen molar-refractivity contribution in [2.24, 2.45) is 0 Å². The molecule has 8 nitrogen and oxygen atoms in total. The largest absolute Gasteiger partial charge is 0.338 e. The Kier molecular flexibility index (Phi) is 5.48. The van der Waals surface area contributed by atoms with Crippen LogP contribution in [0.1, 0.15) is 16.2 Å². The second kappa shape index (κ2) is 8.05. The number of hydrogen-bond acceptors (Lipinski definition) is 8. The minimum atomic E-state index is -3.27. The summed E-state index contributed by atoms with van der Waals surface area (Å²) >= 11 is 1.56. The minimum absolute atomic E-state index is 0.0949. The monoisotopic (exact) mass is 432 g/mol. The van der Waals surface area contributed by atoms with Gasteiger partial charge < -0.3 is 9.42 Å². The molecule has 0 saturated carbocycles. The normalized spacial score (nSPS) is 15.6. The smallest absolute Gasteiger partial charge is 0.253 e. The molecule has 3 aromatic rings. The van der Waals surface area contributed by atoms with Crippen molar-refractivity contribution in [2.75, 3.05) is 32.4 Å². The molecule has 0 atom stereocenters. The van der Waals surface area contributed by atoms with Gasteiger partial charge in [0.15, 0.2) is 9.84 Å². The summed E-state index contributed by atoms with van der Waals surface area (Å²) in [6.07, 6.45) is 1.15. The van der Waals surface area contributed by atoms with Crippen LogP contribution in [0.3, 0.4) is 0 Å². The van der Waals surface area contributed by atoms with Gasteiger partial charge in [-0.3, -0.25) is 9.69 Å². The van der Waals surface area contributed by atoms with E-state index < -0.39 is 9.84 Å². The van der Waals surface area contributed by atoms with Crippen molar-refractivity contribution in [1.82, 2.24) is 19.9 Å². The van der Waals surface area contributed by atoms with E-state index in [-0.39, 0.29) is 10.8 Å². The molecule has 1 saturated heterocycles. The predicted octanol–water partition coefficient (Wildman–Crippen LogP) is 2.16. The lowest BCUT2D eigenvalue weighted by Crippen LogP contribution is -2.48. The molecule has 4 rings (SSSR count). The number of piperazine rings is 1. The lowest BCUT2D eigenvalue weighted by atomic mass is 10.2. The fourth-order valence-corrected chi connectivity index (χ4v) is 4.43. The van der Waals surface area contributed by atoms with Crippen molar-refractivity contribution in [1.29, 1.82) is 0 Å². The molecule has 0 radical (unpaired) electrons. The van der Waals surface area contributed by atoms with Crippen molar-refractivity contribution in [3.63, 3.8) is 0 Å². The van der Waals surface area contributed by atoms with E-state index in [1.54, 1.807) is 28.4 Å². The number of carbonyl (C=O) groups is 1. The maximum atomic E-state index is 12.7. The van der Waals surface area contributed by atoms with E-state index in [0.717, 1.165) is 11.1 Å². The average molecular weight is 433 g/mol. The number of amides is 1. The average Bonchev–Trinajstić information content (AvgIpc) is 3.39. The van der Waals surface area contributed by atoms with Crippen LogP contribution in [0.15, 0.2) is 51.2 Å². The number of thiophene rings is 1. The van der Waals surface area contributed by atoms with Gasteiger partial charge in [-0.2, -0.15) is 4.98 Å². The maximum Gasteiger partial charge on any atom is 0.253 e. The van der Waals surface area contributed by atoms with Crippen molar-refractivity contribution in [3.8, 4) is 10.7 Å². The van der Waals surface area contributed by atoms with Gasteiger partial charge in [0.2, 0.25) is 11.7 Å². The van der Waals surface area contributed by atoms with Gasteiger partial charge in [0.05, 0.1) is 16.3 Å². The molecule has 0 aliphatic carbocycles. The maximum absolute atomic E-state index is 12.7. The standard InChI is InChI=1S/C19H20N4O4S2/c1-29(25,26)15-6-4-14(5-7-15)19(24)23-10-8-22(9-11-23)13-17-20-18(21-27-17)16-3-2-12-28-16/h2-7,12H,8-11,13H2,1H3. The third kappa shape index (κ3) is 4.55. The molecule has 0 spiro atoms. The molecule has 2 aromatic heterocycles. The zero-order chi connectivity index (χ0) is 20.4. The van der Waals surface area contributed by atoms with Gasteiger partial charge in [0.1, 0.15) is 0 Å². The van der Waals surface area contributed by atoms with Crippen molar-refractivity contribution >= 4 is 27.1 Å². The number of sulfone groups is 1. The number of hydrogen-bond donors (Lipinski definition) is 0. The number of carbonyl (C=O) groups excluding carboxylic acids is 1. The molecule has 0 unspecified atom stereocenters. The lowest BCUT2D eigenvalue weighted by molar-refractivity contribution is 0.0615.